The quantitative estimate of drug-likeness (QED) is 0.713. The van der Waals surface area contributed by atoms with E-state index in [2.05, 4.69) is 4.98 Å². The summed E-state index contributed by atoms with van der Waals surface area (Å²) < 4.78 is 7.09. The van der Waals surface area contributed by atoms with Gasteiger partial charge in [0, 0.05) is 39.0 Å². The molecule has 0 bridgehead atoms. The fraction of sp³-hybridized carbons (Fsp3) is 0.412. The van der Waals surface area contributed by atoms with Crippen molar-refractivity contribution in [3.05, 3.63) is 52.0 Å². The Morgan fingerprint density at radius 1 is 1.33 bits per heavy atom. The maximum absolute atomic E-state index is 12.1. The molecule has 0 unspecified atom stereocenters. The highest BCUT2D eigenvalue weighted by Gasteiger charge is 2.15. The van der Waals surface area contributed by atoms with Gasteiger partial charge in [0.25, 0.3) is 0 Å². The standard InChI is InChI=1S/C17H21Cl2N3O2/c1-3-17(23)22(8-9-24-2)12-16-20-6-7-21(16)11-13-4-5-14(18)15(19)10-13/h4-7,10H,3,8-9,11-12H2,1-2H3. The van der Waals surface area contributed by atoms with Crippen LogP contribution < -0.4 is 0 Å². The fourth-order valence-electron chi connectivity index (χ4n) is 2.36. The third kappa shape index (κ3) is 4.97. The summed E-state index contributed by atoms with van der Waals surface area (Å²) in [7, 11) is 1.62. The molecule has 0 radical (unpaired) electrons. The minimum absolute atomic E-state index is 0.0798. The topological polar surface area (TPSA) is 47.4 Å². The minimum Gasteiger partial charge on any atom is -0.383 e. The molecular formula is C17H21Cl2N3O2. The van der Waals surface area contributed by atoms with Crippen LogP contribution in [0, 0.1) is 0 Å². The van der Waals surface area contributed by atoms with Gasteiger partial charge in [-0.05, 0) is 17.7 Å². The van der Waals surface area contributed by atoms with Gasteiger partial charge in [-0.25, -0.2) is 4.98 Å². The molecule has 0 atom stereocenters. The van der Waals surface area contributed by atoms with E-state index in [0.29, 0.717) is 42.7 Å². The first-order valence-corrected chi connectivity index (χ1v) is 8.51. The van der Waals surface area contributed by atoms with Gasteiger partial charge in [0.05, 0.1) is 23.2 Å². The second-order valence-corrected chi connectivity index (χ2v) is 6.20. The van der Waals surface area contributed by atoms with Gasteiger partial charge in [-0.3, -0.25) is 4.79 Å². The summed E-state index contributed by atoms with van der Waals surface area (Å²) in [5.41, 5.74) is 1.02. The first kappa shape index (κ1) is 18.8. The van der Waals surface area contributed by atoms with Crippen LogP contribution in [0.2, 0.25) is 10.0 Å². The van der Waals surface area contributed by atoms with Crippen molar-refractivity contribution < 1.29 is 9.53 Å². The van der Waals surface area contributed by atoms with Crippen LogP contribution >= 0.6 is 23.2 Å². The molecule has 0 aliphatic rings. The smallest absolute Gasteiger partial charge is 0.222 e. The number of hydrogen-bond acceptors (Lipinski definition) is 3. The predicted octanol–water partition coefficient (Wildman–Crippen LogP) is 3.62. The highest BCUT2D eigenvalue weighted by Crippen LogP contribution is 2.23. The van der Waals surface area contributed by atoms with Gasteiger partial charge in [-0.1, -0.05) is 36.2 Å². The first-order valence-electron chi connectivity index (χ1n) is 7.75. The Kier molecular flexibility index (Phi) is 7.09. The first-order chi connectivity index (χ1) is 11.5. The van der Waals surface area contributed by atoms with Crippen LogP contribution in [0.25, 0.3) is 0 Å². The van der Waals surface area contributed by atoms with Crippen LogP contribution in [0.1, 0.15) is 24.7 Å². The molecule has 1 amide bonds. The Labute approximate surface area is 152 Å². The summed E-state index contributed by atoms with van der Waals surface area (Å²) in [6.07, 6.45) is 4.08. The SMILES string of the molecule is CCC(=O)N(CCOC)Cc1nccn1Cc1ccc(Cl)c(Cl)c1. The Hall–Kier alpha value is -1.56. The molecule has 1 aromatic heterocycles. The zero-order valence-electron chi connectivity index (χ0n) is 13.8. The highest BCUT2D eigenvalue weighted by molar-refractivity contribution is 6.42. The number of methoxy groups -OCH3 is 1. The van der Waals surface area contributed by atoms with Gasteiger partial charge in [-0.2, -0.15) is 0 Å². The van der Waals surface area contributed by atoms with E-state index < -0.39 is 0 Å². The number of ether oxygens (including phenoxy) is 1. The normalized spacial score (nSPS) is 10.8. The van der Waals surface area contributed by atoms with E-state index in [9.17, 15) is 4.79 Å². The van der Waals surface area contributed by atoms with Crippen molar-refractivity contribution in [2.45, 2.75) is 26.4 Å². The molecule has 2 rings (SSSR count). The van der Waals surface area contributed by atoms with E-state index >= 15 is 0 Å². The number of benzene rings is 1. The third-order valence-electron chi connectivity index (χ3n) is 3.69. The zero-order valence-corrected chi connectivity index (χ0v) is 15.3. The van der Waals surface area contributed by atoms with Crippen molar-refractivity contribution in [1.29, 1.82) is 0 Å². The van der Waals surface area contributed by atoms with E-state index in [4.69, 9.17) is 27.9 Å². The lowest BCUT2D eigenvalue weighted by molar-refractivity contribution is -0.132. The van der Waals surface area contributed by atoms with E-state index in [0.717, 1.165) is 11.4 Å². The molecule has 1 aromatic carbocycles. The molecule has 0 N–H and O–H groups in total. The number of imidazole rings is 1. The monoisotopic (exact) mass is 369 g/mol. The third-order valence-corrected chi connectivity index (χ3v) is 4.43. The molecule has 2 aromatic rings. The molecule has 0 aliphatic heterocycles. The number of nitrogens with zero attached hydrogens (tertiary/aromatic N) is 3. The number of hydrogen-bond donors (Lipinski definition) is 0. The second kappa shape index (κ2) is 9.06. The molecular weight excluding hydrogens is 349 g/mol. The number of halogens is 2. The molecule has 24 heavy (non-hydrogen) atoms. The van der Waals surface area contributed by atoms with Crippen LogP contribution in [0.3, 0.4) is 0 Å². The molecule has 130 valence electrons. The second-order valence-electron chi connectivity index (χ2n) is 5.38. The Morgan fingerprint density at radius 2 is 2.12 bits per heavy atom. The summed E-state index contributed by atoms with van der Waals surface area (Å²) >= 11 is 12.0. The van der Waals surface area contributed by atoms with Gasteiger partial charge in [0.15, 0.2) is 0 Å². The summed E-state index contributed by atoms with van der Waals surface area (Å²) in [5.74, 6) is 0.898. The maximum Gasteiger partial charge on any atom is 0.222 e. The number of rotatable bonds is 8. The lowest BCUT2D eigenvalue weighted by Crippen LogP contribution is -2.34. The van der Waals surface area contributed by atoms with Crippen LogP contribution in [0.15, 0.2) is 30.6 Å². The number of carbonyl (C=O) groups is 1. The van der Waals surface area contributed by atoms with Gasteiger partial charge in [0.2, 0.25) is 5.91 Å². The van der Waals surface area contributed by atoms with Crippen molar-refractivity contribution >= 4 is 29.1 Å². The molecule has 0 spiro atoms. The van der Waals surface area contributed by atoms with Gasteiger partial charge < -0.3 is 14.2 Å². The zero-order chi connectivity index (χ0) is 17.5. The van der Waals surface area contributed by atoms with Gasteiger partial charge >= 0.3 is 0 Å². The van der Waals surface area contributed by atoms with Crippen LogP contribution in [0.4, 0.5) is 0 Å². The van der Waals surface area contributed by atoms with Crippen LogP contribution in [0.5, 0.6) is 0 Å². The van der Waals surface area contributed by atoms with Crippen LogP contribution in [-0.4, -0.2) is 40.6 Å². The molecule has 0 aliphatic carbocycles. The van der Waals surface area contributed by atoms with E-state index in [1.54, 1.807) is 24.3 Å². The highest BCUT2D eigenvalue weighted by atomic mass is 35.5. The van der Waals surface area contributed by atoms with Crippen molar-refractivity contribution in [2.75, 3.05) is 20.3 Å². The molecule has 0 saturated carbocycles. The average molecular weight is 370 g/mol. The van der Waals surface area contributed by atoms with E-state index in [1.165, 1.54) is 0 Å². The number of amides is 1. The summed E-state index contributed by atoms with van der Waals surface area (Å²) in [5, 5.41) is 1.06. The van der Waals surface area contributed by atoms with Gasteiger partial charge in [0.1, 0.15) is 5.82 Å². The maximum atomic E-state index is 12.1. The number of carbonyl (C=O) groups excluding carboxylic acids is 1. The largest absolute Gasteiger partial charge is 0.383 e. The van der Waals surface area contributed by atoms with Crippen molar-refractivity contribution in [2.24, 2.45) is 0 Å². The number of aromatic nitrogens is 2. The summed E-state index contributed by atoms with van der Waals surface area (Å²) in [4.78, 5) is 18.2. The van der Waals surface area contributed by atoms with E-state index in [-0.39, 0.29) is 5.91 Å². The van der Waals surface area contributed by atoms with Crippen molar-refractivity contribution in [3.8, 4) is 0 Å². The molecule has 0 saturated heterocycles. The molecule has 7 heteroatoms. The lowest BCUT2D eigenvalue weighted by atomic mass is 10.2. The molecule has 0 fully saturated rings. The van der Waals surface area contributed by atoms with Gasteiger partial charge in [-0.15, -0.1) is 0 Å². The van der Waals surface area contributed by atoms with E-state index in [1.807, 2.05) is 29.8 Å². The average Bonchev–Trinajstić information content (AvgIpc) is 3.01. The van der Waals surface area contributed by atoms with Crippen molar-refractivity contribution in [3.63, 3.8) is 0 Å². The Morgan fingerprint density at radius 3 is 2.79 bits per heavy atom. The fourth-order valence-corrected chi connectivity index (χ4v) is 2.68. The Bertz CT molecular complexity index is 688. The molecule has 5 nitrogen and oxygen atoms in total. The summed E-state index contributed by atoms with van der Waals surface area (Å²) in [6.45, 7) is 3.96. The predicted molar refractivity (Wildman–Crippen MR) is 95.4 cm³/mol. The summed E-state index contributed by atoms with van der Waals surface area (Å²) in [6, 6.07) is 5.55. The minimum atomic E-state index is 0.0798. The Balaban J connectivity index is 2.13. The molecule has 1 heterocycles. The van der Waals surface area contributed by atoms with Crippen molar-refractivity contribution in [1.82, 2.24) is 14.5 Å². The van der Waals surface area contributed by atoms with Crippen LogP contribution in [-0.2, 0) is 22.6 Å². The lowest BCUT2D eigenvalue weighted by Gasteiger charge is -2.22.